The van der Waals surface area contributed by atoms with Crippen LogP contribution < -0.4 is 16.4 Å². The highest BCUT2D eigenvalue weighted by atomic mass is 32.1. The highest BCUT2D eigenvalue weighted by Crippen LogP contribution is 2.35. The first-order valence-electron chi connectivity index (χ1n) is 19.1. The molecule has 1 aromatic carbocycles. The van der Waals surface area contributed by atoms with Crippen molar-refractivity contribution in [3.63, 3.8) is 0 Å². The number of methoxy groups -OCH3 is 2. The van der Waals surface area contributed by atoms with Crippen molar-refractivity contribution in [2.75, 3.05) is 27.8 Å². The van der Waals surface area contributed by atoms with Gasteiger partial charge in [-0.25, -0.2) is 4.98 Å². The Labute approximate surface area is 319 Å². The molecule has 2 aromatic rings. The number of ether oxygens (including phenoxy) is 2. The SMILES string of the molecule is CO[C@H]([C@@H](C)C(=O)N[C@@H](Cc1ccccc1)c1nccs1)[C@@H]1CCCN1C(=O)C[C@@H](OC)[C@H](C1CCCC1)N(C)C(=O)[C@@H](NC(=O)C(C)(C)N)C(C)C. The summed E-state index contributed by atoms with van der Waals surface area (Å²) in [5.74, 6) is -1.48. The van der Waals surface area contributed by atoms with E-state index in [0.29, 0.717) is 19.4 Å². The second-order valence-electron chi connectivity index (χ2n) is 15.8. The van der Waals surface area contributed by atoms with E-state index in [4.69, 9.17) is 15.2 Å². The minimum Gasteiger partial charge on any atom is -0.379 e. The number of aromatic nitrogens is 1. The van der Waals surface area contributed by atoms with Crippen LogP contribution in [-0.4, -0.2) is 102 Å². The largest absolute Gasteiger partial charge is 0.379 e. The Balaban J connectivity index is 1.50. The maximum absolute atomic E-state index is 14.3. The van der Waals surface area contributed by atoms with Gasteiger partial charge in [-0.15, -0.1) is 11.3 Å². The van der Waals surface area contributed by atoms with Crippen LogP contribution in [0.25, 0.3) is 0 Å². The van der Waals surface area contributed by atoms with E-state index in [1.807, 2.05) is 61.4 Å². The van der Waals surface area contributed by atoms with Crippen molar-refractivity contribution >= 4 is 35.0 Å². The van der Waals surface area contributed by atoms with Gasteiger partial charge in [0.1, 0.15) is 11.0 Å². The molecule has 2 fully saturated rings. The summed E-state index contributed by atoms with van der Waals surface area (Å²) in [7, 11) is 4.95. The first-order valence-corrected chi connectivity index (χ1v) is 20.0. The number of likely N-dealkylation sites (N-methyl/N-ethyl adjacent to an activating group) is 1. The van der Waals surface area contributed by atoms with Gasteiger partial charge in [0, 0.05) is 39.4 Å². The molecule has 13 heteroatoms. The molecule has 0 spiro atoms. The van der Waals surface area contributed by atoms with Gasteiger partial charge in [-0.2, -0.15) is 0 Å². The molecular weight excluding hydrogens is 693 g/mol. The van der Waals surface area contributed by atoms with Crippen LogP contribution >= 0.6 is 11.3 Å². The molecule has 1 saturated carbocycles. The van der Waals surface area contributed by atoms with Gasteiger partial charge in [0.15, 0.2) is 0 Å². The van der Waals surface area contributed by atoms with Crippen LogP contribution in [0, 0.1) is 17.8 Å². The first-order chi connectivity index (χ1) is 25.2. The summed E-state index contributed by atoms with van der Waals surface area (Å²) in [6.45, 7) is 9.41. The monoisotopic (exact) mass is 754 g/mol. The minimum absolute atomic E-state index is 0.0700. The van der Waals surface area contributed by atoms with Crippen LogP contribution in [0.4, 0.5) is 0 Å². The number of thiazole rings is 1. The van der Waals surface area contributed by atoms with Gasteiger partial charge in [0.2, 0.25) is 23.6 Å². The van der Waals surface area contributed by atoms with Gasteiger partial charge in [-0.3, -0.25) is 19.2 Å². The number of hydrogen-bond acceptors (Lipinski definition) is 9. The van der Waals surface area contributed by atoms with Crippen LogP contribution in [0.2, 0.25) is 0 Å². The lowest BCUT2D eigenvalue weighted by atomic mass is 9.88. The zero-order valence-corrected chi connectivity index (χ0v) is 33.7. The fourth-order valence-corrected chi connectivity index (χ4v) is 8.74. The maximum Gasteiger partial charge on any atom is 0.245 e. The van der Waals surface area contributed by atoms with Crippen LogP contribution in [-0.2, 0) is 35.1 Å². The Hall–Kier alpha value is -3.39. The Morgan fingerprint density at radius 2 is 1.70 bits per heavy atom. The number of amides is 4. The lowest BCUT2D eigenvalue weighted by Crippen LogP contribution is -2.60. The van der Waals surface area contributed by atoms with Crippen molar-refractivity contribution < 1.29 is 28.7 Å². The second kappa shape index (κ2) is 19.3. The molecule has 1 aliphatic carbocycles. The van der Waals surface area contributed by atoms with Crippen molar-refractivity contribution in [1.29, 1.82) is 0 Å². The first kappa shape index (κ1) is 42.4. The van der Waals surface area contributed by atoms with Crippen molar-refractivity contribution in [2.24, 2.45) is 23.5 Å². The molecule has 0 bridgehead atoms. The number of rotatable bonds is 18. The molecule has 12 nitrogen and oxygen atoms in total. The summed E-state index contributed by atoms with van der Waals surface area (Å²) in [5, 5.41) is 8.85. The number of carbonyl (C=O) groups excluding carboxylic acids is 4. The van der Waals surface area contributed by atoms with Crippen LogP contribution in [0.5, 0.6) is 0 Å². The number of carbonyl (C=O) groups is 4. The number of benzene rings is 1. The molecular formula is C40H62N6O6S. The van der Waals surface area contributed by atoms with E-state index in [2.05, 4.69) is 15.6 Å². The molecule has 2 aliphatic rings. The third-order valence-corrected chi connectivity index (χ3v) is 12.0. The number of nitrogens with zero attached hydrogens (tertiary/aromatic N) is 3. The molecule has 0 unspecified atom stereocenters. The van der Waals surface area contributed by atoms with Gasteiger partial charge in [0.05, 0.1) is 48.2 Å². The summed E-state index contributed by atoms with van der Waals surface area (Å²) in [6.07, 6.45) is 6.72. The Kier molecular flexibility index (Phi) is 15.4. The molecule has 4 amide bonds. The molecule has 1 aliphatic heterocycles. The van der Waals surface area contributed by atoms with Gasteiger partial charge < -0.3 is 35.6 Å². The zero-order chi connectivity index (χ0) is 38.9. The maximum atomic E-state index is 14.3. The number of nitrogens with one attached hydrogen (secondary N) is 2. The van der Waals surface area contributed by atoms with Crippen molar-refractivity contribution in [1.82, 2.24) is 25.4 Å². The fraction of sp³-hybridized carbons (Fsp3) is 0.675. The highest BCUT2D eigenvalue weighted by molar-refractivity contribution is 7.09. The fourth-order valence-electron chi connectivity index (χ4n) is 8.06. The number of likely N-dealkylation sites (tertiary alicyclic amines) is 1. The molecule has 4 rings (SSSR count). The van der Waals surface area contributed by atoms with Crippen LogP contribution in [0.15, 0.2) is 41.9 Å². The van der Waals surface area contributed by atoms with E-state index in [1.165, 1.54) is 11.3 Å². The number of nitrogens with two attached hydrogens (primary N) is 1. The van der Waals surface area contributed by atoms with Gasteiger partial charge in [-0.05, 0) is 63.4 Å². The number of hydrogen-bond donors (Lipinski definition) is 3. The summed E-state index contributed by atoms with van der Waals surface area (Å²) < 4.78 is 12.1. The lowest BCUT2D eigenvalue weighted by Gasteiger charge is -2.41. The van der Waals surface area contributed by atoms with E-state index < -0.39 is 35.6 Å². The molecule has 2 heterocycles. The average molecular weight is 755 g/mol. The standard InChI is InChI=1S/C40H62N6O6S/c1-25(2)33(44-39(50)40(4,5)41)38(49)45(6)34(28-17-12-13-18-28)31(51-7)24-32(47)46-21-14-19-30(46)35(52-8)26(3)36(48)43-29(37-42-20-22-53-37)23-27-15-10-9-11-16-27/h9-11,15-16,20,22,25-26,28-31,33-35H,12-14,17-19,21,23-24,41H2,1-8H3,(H,43,48)(H,44,50)/t26-,29+,30+,31-,33+,34+,35-/m1/s1. The highest BCUT2D eigenvalue weighted by Gasteiger charge is 2.44. The van der Waals surface area contributed by atoms with E-state index in [1.54, 1.807) is 46.2 Å². The van der Waals surface area contributed by atoms with Crippen LogP contribution in [0.1, 0.15) is 96.2 Å². The minimum atomic E-state index is -1.14. The smallest absolute Gasteiger partial charge is 0.245 e. The predicted molar refractivity (Wildman–Crippen MR) is 207 cm³/mol. The summed E-state index contributed by atoms with van der Waals surface area (Å²) in [5.41, 5.74) is 6.01. The van der Waals surface area contributed by atoms with Crippen molar-refractivity contribution in [2.45, 2.75) is 128 Å². The van der Waals surface area contributed by atoms with Crippen LogP contribution in [0.3, 0.4) is 0 Å². The quantitative estimate of drug-likeness (QED) is 0.201. The van der Waals surface area contributed by atoms with Crippen molar-refractivity contribution in [3.05, 3.63) is 52.5 Å². The van der Waals surface area contributed by atoms with Crippen molar-refractivity contribution in [3.8, 4) is 0 Å². The molecule has 4 N–H and O–H groups in total. The summed E-state index contributed by atoms with van der Waals surface area (Å²) in [4.78, 5) is 63.3. The summed E-state index contributed by atoms with van der Waals surface area (Å²) >= 11 is 1.51. The third-order valence-electron chi connectivity index (χ3n) is 11.1. The summed E-state index contributed by atoms with van der Waals surface area (Å²) in [6, 6.07) is 8.25. The molecule has 1 aromatic heterocycles. The normalized spacial score (nSPS) is 20.0. The molecule has 7 atom stereocenters. The van der Waals surface area contributed by atoms with Gasteiger partial charge in [0.25, 0.3) is 0 Å². The molecule has 0 radical (unpaired) electrons. The molecule has 53 heavy (non-hydrogen) atoms. The average Bonchev–Trinajstić information content (AvgIpc) is 3.94. The second-order valence-corrected chi connectivity index (χ2v) is 16.7. The predicted octanol–water partition coefficient (Wildman–Crippen LogP) is 4.49. The lowest BCUT2D eigenvalue weighted by molar-refractivity contribution is -0.148. The van der Waals surface area contributed by atoms with E-state index in [9.17, 15) is 19.2 Å². The Morgan fingerprint density at radius 1 is 1.02 bits per heavy atom. The molecule has 294 valence electrons. The Morgan fingerprint density at radius 3 is 2.26 bits per heavy atom. The van der Waals surface area contributed by atoms with Gasteiger partial charge in [-0.1, -0.05) is 63.9 Å². The molecule has 1 saturated heterocycles. The van der Waals surface area contributed by atoms with Gasteiger partial charge >= 0.3 is 0 Å². The zero-order valence-electron chi connectivity index (χ0n) is 32.9. The third kappa shape index (κ3) is 10.9. The topological polar surface area (TPSA) is 156 Å². The van der Waals surface area contributed by atoms with E-state index >= 15 is 0 Å². The van der Waals surface area contributed by atoms with E-state index in [-0.39, 0.29) is 54.1 Å². The van der Waals surface area contributed by atoms with E-state index in [0.717, 1.165) is 42.7 Å². The Bertz CT molecular complexity index is 1480.